The minimum absolute atomic E-state index is 0.0512. The number of carbonyl (C=O) groups excluding carboxylic acids is 2. The van der Waals surface area contributed by atoms with Gasteiger partial charge in [-0.05, 0) is 24.1 Å². The first kappa shape index (κ1) is 17.5. The van der Waals surface area contributed by atoms with Crippen LogP contribution in [0.2, 0.25) is 0 Å². The number of hydrogen-bond donors (Lipinski definition) is 2. The summed E-state index contributed by atoms with van der Waals surface area (Å²) < 4.78 is 5.15. The zero-order valence-corrected chi connectivity index (χ0v) is 13.7. The van der Waals surface area contributed by atoms with Gasteiger partial charge in [0, 0.05) is 12.1 Å². The molecule has 24 heavy (non-hydrogen) atoms. The van der Waals surface area contributed by atoms with E-state index in [1.54, 1.807) is 6.07 Å². The number of anilines is 1. The van der Waals surface area contributed by atoms with Crippen LogP contribution < -0.4 is 11.1 Å². The summed E-state index contributed by atoms with van der Waals surface area (Å²) in [6, 6.07) is 16.6. The lowest BCUT2D eigenvalue weighted by Gasteiger charge is -2.16. The number of ether oxygens (including phenoxy) is 1. The van der Waals surface area contributed by atoms with Crippen LogP contribution in [0.25, 0.3) is 0 Å². The first-order valence-corrected chi connectivity index (χ1v) is 7.89. The first-order valence-electron chi connectivity index (χ1n) is 7.89. The molecule has 126 valence electrons. The zero-order chi connectivity index (χ0) is 17.4. The summed E-state index contributed by atoms with van der Waals surface area (Å²) in [5.74, 6) is -0.594. The van der Waals surface area contributed by atoms with Crippen molar-refractivity contribution in [2.75, 3.05) is 5.73 Å². The van der Waals surface area contributed by atoms with E-state index in [-0.39, 0.29) is 37.4 Å². The Hall–Kier alpha value is -2.82. The van der Waals surface area contributed by atoms with Gasteiger partial charge in [0.15, 0.2) is 0 Å². The predicted octanol–water partition coefficient (Wildman–Crippen LogP) is 2.97. The summed E-state index contributed by atoms with van der Waals surface area (Å²) in [6.07, 6.45) is 0.139. The van der Waals surface area contributed by atoms with Crippen LogP contribution in [0, 0.1) is 0 Å². The molecule has 0 fully saturated rings. The van der Waals surface area contributed by atoms with E-state index in [1.165, 1.54) is 0 Å². The Morgan fingerprint density at radius 1 is 1.04 bits per heavy atom. The lowest BCUT2D eigenvalue weighted by molar-refractivity contribution is -0.146. The van der Waals surface area contributed by atoms with Gasteiger partial charge in [-0.25, -0.2) is 0 Å². The number of carbonyl (C=O) groups is 2. The van der Waals surface area contributed by atoms with E-state index in [2.05, 4.69) is 5.32 Å². The van der Waals surface area contributed by atoms with Gasteiger partial charge in [0.1, 0.15) is 6.61 Å². The average molecular weight is 326 g/mol. The molecule has 1 amide bonds. The highest BCUT2D eigenvalue weighted by Crippen LogP contribution is 2.19. The second-order valence-electron chi connectivity index (χ2n) is 5.56. The number of esters is 1. The van der Waals surface area contributed by atoms with Crippen LogP contribution >= 0.6 is 0 Å². The number of nitrogen functional groups attached to an aromatic ring is 1. The highest BCUT2D eigenvalue weighted by Gasteiger charge is 2.13. The number of amides is 1. The molecule has 0 aliphatic rings. The molecule has 0 radical (unpaired) electrons. The maximum atomic E-state index is 12.0. The summed E-state index contributed by atoms with van der Waals surface area (Å²) >= 11 is 0. The Kier molecular flexibility index (Phi) is 6.37. The Morgan fingerprint density at radius 3 is 2.42 bits per heavy atom. The average Bonchev–Trinajstić information content (AvgIpc) is 2.59. The van der Waals surface area contributed by atoms with Crippen molar-refractivity contribution in [3.05, 3.63) is 65.7 Å². The van der Waals surface area contributed by atoms with Crippen LogP contribution in [0.1, 0.15) is 36.9 Å². The summed E-state index contributed by atoms with van der Waals surface area (Å²) in [6.45, 7) is 2.08. The number of hydrogen-bond acceptors (Lipinski definition) is 4. The number of benzene rings is 2. The van der Waals surface area contributed by atoms with Gasteiger partial charge >= 0.3 is 5.97 Å². The summed E-state index contributed by atoms with van der Waals surface area (Å²) in [4.78, 5) is 23.7. The van der Waals surface area contributed by atoms with Crippen molar-refractivity contribution in [1.29, 1.82) is 0 Å². The van der Waals surface area contributed by atoms with Crippen LogP contribution in [-0.4, -0.2) is 11.9 Å². The number of para-hydroxylation sites is 1. The number of rotatable bonds is 7. The molecule has 0 heterocycles. The smallest absolute Gasteiger partial charge is 0.306 e. The van der Waals surface area contributed by atoms with Crippen molar-refractivity contribution in [3.63, 3.8) is 0 Å². The number of nitrogens with two attached hydrogens (primary N) is 1. The second kappa shape index (κ2) is 8.72. The molecule has 0 aromatic heterocycles. The molecule has 2 aromatic rings. The van der Waals surface area contributed by atoms with Crippen molar-refractivity contribution >= 4 is 17.6 Å². The van der Waals surface area contributed by atoms with Gasteiger partial charge in [-0.2, -0.15) is 0 Å². The largest absolute Gasteiger partial charge is 0.461 e. The Labute approximate surface area is 141 Å². The maximum absolute atomic E-state index is 12.0. The van der Waals surface area contributed by atoms with Gasteiger partial charge in [0.05, 0.1) is 12.5 Å². The van der Waals surface area contributed by atoms with E-state index in [0.717, 1.165) is 11.1 Å². The topological polar surface area (TPSA) is 81.4 Å². The Bertz CT molecular complexity index is 686. The van der Waals surface area contributed by atoms with Crippen LogP contribution in [0.15, 0.2) is 54.6 Å². The molecule has 0 saturated heterocycles. The van der Waals surface area contributed by atoms with Gasteiger partial charge in [-0.3, -0.25) is 9.59 Å². The zero-order valence-electron chi connectivity index (χ0n) is 13.7. The van der Waals surface area contributed by atoms with Gasteiger partial charge in [-0.15, -0.1) is 0 Å². The Morgan fingerprint density at radius 2 is 1.71 bits per heavy atom. The molecule has 5 nitrogen and oxygen atoms in total. The third-order valence-electron chi connectivity index (χ3n) is 3.64. The SMILES string of the molecule is CC(NC(=O)CCC(=O)OCc1ccccc1)c1ccccc1N. The van der Waals surface area contributed by atoms with Crippen LogP contribution in [-0.2, 0) is 20.9 Å². The molecule has 1 atom stereocenters. The van der Waals surface area contributed by atoms with Crippen LogP contribution in [0.3, 0.4) is 0 Å². The standard InChI is InChI=1S/C19H22N2O3/c1-14(16-9-5-6-10-17(16)20)21-18(22)11-12-19(23)24-13-15-7-3-2-4-8-15/h2-10,14H,11-13,20H2,1H3,(H,21,22). The summed E-state index contributed by atoms with van der Waals surface area (Å²) in [7, 11) is 0. The predicted molar refractivity (Wildman–Crippen MR) is 92.9 cm³/mol. The fourth-order valence-electron chi connectivity index (χ4n) is 2.32. The van der Waals surface area contributed by atoms with Crippen LogP contribution in [0.5, 0.6) is 0 Å². The maximum Gasteiger partial charge on any atom is 0.306 e. The van der Waals surface area contributed by atoms with Crippen molar-refractivity contribution in [3.8, 4) is 0 Å². The minimum Gasteiger partial charge on any atom is -0.461 e. The molecule has 0 saturated carbocycles. The molecular weight excluding hydrogens is 304 g/mol. The van der Waals surface area contributed by atoms with Gasteiger partial charge < -0.3 is 15.8 Å². The van der Waals surface area contributed by atoms with E-state index in [9.17, 15) is 9.59 Å². The van der Waals surface area contributed by atoms with Crippen molar-refractivity contribution in [2.45, 2.75) is 32.4 Å². The molecule has 0 spiro atoms. The molecule has 0 aliphatic carbocycles. The Balaban J connectivity index is 1.72. The molecule has 2 rings (SSSR count). The van der Waals surface area contributed by atoms with Gasteiger partial charge in [0.25, 0.3) is 0 Å². The summed E-state index contributed by atoms with van der Waals surface area (Å²) in [5, 5.41) is 2.84. The third kappa shape index (κ3) is 5.43. The second-order valence-corrected chi connectivity index (χ2v) is 5.56. The molecular formula is C19H22N2O3. The van der Waals surface area contributed by atoms with Gasteiger partial charge in [-0.1, -0.05) is 48.5 Å². The summed E-state index contributed by atoms with van der Waals surface area (Å²) in [5.41, 5.74) is 8.30. The van der Waals surface area contributed by atoms with Crippen molar-refractivity contribution in [1.82, 2.24) is 5.32 Å². The molecule has 1 unspecified atom stereocenters. The third-order valence-corrected chi connectivity index (χ3v) is 3.64. The van der Waals surface area contributed by atoms with E-state index in [4.69, 9.17) is 10.5 Å². The fourth-order valence-corrected chi connectivity index (χ4v) is 2.32. The van der Waals surface area contributed by atoms with E-state index in [1.807, 2.05) is 55.5 Å². The normalized spacial score (nSPS) is 11.5. The van der Waals surface area contributed by atoms with E-state index < -0.39 is 0 Å². The first-order chi connectivity index (χ1) is 11.6. The van der Waals surface area contributed by atoms with Gasteiger partial charge in [0.2, 0.25) is 5.91 Å². The monoisotopic (exact) mass is 326 g/mol. The van der Waals surface area contributed by atoms with Crippen molar-refractivity contribution < 1.29 is 14.3 Å². The molecule has 5 heteroatoms. The molecule has 0 bridgehead atoms. The van der Waals surface area contributed by atoms with E-state index in [0.29, 0.717) is 5.69 Å². The minimum atomic E-state index is -0.388. The van der Waals surface area contributed by atoms with Crippen LogP contribution in [0.4, 0.5) is 5.69 Å². The molecule has 3 N–H and O–H groups in total. The quantitative estimate of drug-likeness (QED) is 0.605. The van der Waals surface area contributed by atoms with Crippen molar-refractivity contribution in [2.24, 2.45) is 0 Å². The molecule has 2 aromatic carbocycles. The highest BCUT2D eigenvalue weighted by atomic mass is 16.5. The van der Waals surface area contributed by atoms with E-state index >= 15 is 0 Å². The lowest BCUT2D eigenvalue weighted by atomic mass is 10.1. The fraction of sp³-hybridized carbons (Fsp3) is 0.263. The molecule has 0 aliphatic heterocycles. The number of nitrogens with one attached hydrogen (secondary N) is 1. The lowest BCUT2D eigenvalue weighted by Crippen LogP contribution is -2.27. The highest BCUT2D eigenvalue weighted by molar-refractivity contribution is 5.81.